The van der Waals surface area contributed by atoms with Crippen molar-refractivity contribution in [3.05, 3.63) is 83.7 Å². The second-order valence-corrected chi connectivity index (χ2v) is 9.15. The maximum Gasteiger partial charge on any atom is 0.338 e. The van der Waals surface area contributed by atoms with Gasteiger partial charge in [-0.05, 0) is 53.7 Å². The summed E-state index contributed by atoms with van der Waals surface area (Å²) >= 11 is 0. The van der Waals surface area contributed by atoms with Gasteiger partial charge in [0.2, 0.25) is 0 Å². The van der Waals surface area contributed by atoms with Gasteiger partial charge >= 0.3 is 5.97 Å². The highest BCUT2D eigenvalue weighted by atomic mass is 16.5. The molecule has 0 saturated heterocycles. The highest BCUT2D eigenvalue weighted by molar-refractivity contribution is 5.90. The topological polar surface area (TPSA) is 39.2 Å². The van der Waals surface area contributed by atoms with Crippen LogP contribution in [0.3, 0.4) is 0 Å². The quantitative estimate of drug-likeness (QED) is 0.257. The fourth-order valence-electron chi connectivity index (χ4n) is 4.16. The van der Waals surface area contributed by atoms with Crippen LogP contribution >= 0.6 is 0 Å². The van der Waals surface area contributed by atoms with Crippen molar-refractivity contribution < 1.29 is 9.53 Å². The standard InChI is InChI=1S/C29H37NO2/c1-3-4-5-6-7-9-19-29(2)20-16-25(17-21-29)24-12-14-26(15-13-24)28(31)32-23-18-27-11-8-10-22-30-27/h8,10-17,20,22H,3-7,9,18-19,21,23H2,1-2H3. The van der Waals surface area contributed by atoms with Gasteiger partial charge in [0.25, 0.3) is 0 Å². The van der Waals surface area contributed by atoms with E-state index in [2.05, 4.69) is 37.1 Å². The molecule has 1 unspecified atom stereocenters. The average molecular weight is 432 g/mol. The minimum atomic E-state index is -0.285. The van der Waals surface area contributed by atoms with E-state index < -0.39 is 0 Å². The Hall–Kier alpha value is -2.68. The van der Waals surface area contributed by atoms with E-state index in [4.69, 9.17) is 4.74 Å². The number of benzene rings is 1. The van der Waals surface area contributed by atoms with Gasteiger partial charge in [0.1, 0.15) is 0 Å². The molecule has 1 aliphatic carbocycles. The van der Waals surface area contributed by atoms with Crippen molar-refractivity contribution in [2.45, 2.75) is 71.6 Å². The lowest BCUT2D eigenvalue weighted by atomic mass is 9.77. The summed E-state index contributed by atoms with van der Waals surface area (Å²) in [5, 5.41) is 0. The first-order valence-corrected chi connectivity index (χ1v) is 12.2. The Morgan fingerprint density at radius 1 is 1.03 bits per heavy atom. The van der Waals surface area contributed by atoms with Crippen LogP contribution in [0.5, 0.6) is 0 Å². The first kappa shape index (κ1) is 24.0. The molecule has 0 N–H and O–H groups in total. The SMILES string of the molecule is CCCCCCCCC1(C)C=CC(c2ccc(C(=O)OCCc3ccccn3)cc2)=CC1. The smallest absolute Gasteiger partial charge is 0.338 e. The predicted octanol–water partition coefficient (Wildman–Crippen LogP) is 7.58. The molecule has 170 valence electrons. The summed E-state index contributed by atoms with van der Waals surface area (Å²) in [4.78, 5) is 16.6. The maximum absolute atomic E-state index is 12.3. The number of allylic oxidation sites excluding steroid dienone is 4. The van der Waals surface area contributed by atoms with Crippen LogP contribution in [-0.2, 0) is 11.2 Å². The lowest BCUT2D eigenvalue weighted by Gasteiger charge is -2.28. The summed E-state index contributed by atoms with van der Waals surface area (Å²) < 4.78 is 5.41. The number of esters is 1. The van der Waals surface area contributed by atoms with Crippen molar-refractivity contribution in [2.75, 3.05) is 6.61 Å². The molecule has 3 nitrogen and oxygen atoms in total. The normalized spacial score (nSPS) is 17.8. The fourth-order valence-corrected chi connectivity index (χ4v) is 4.16. The number of rotatable bonds is 12. The molecule has 0 saturated carbocycles. The minimum absolute atomic E-state index is 0.269. The zero-order chi connectivity index (χ0) is 22.7. The van der Waals surface area contributed by atoms with E-state index in [0.717, 1.165) is 17.7 Å². The van der Waals surface area contributed by atoms with Gasteiger partial charge in [0.05, 0.1) is 12.2 Å². The van der Waals surface area contributed by atoms with Crippen LogP contribution in [0.25, 0.3) is 5.57 Å². The molecule has 32 heavy (non-hydrogen) atoms. The zero-order valence-electron chi connectivity index (χ0n) is 19.7. The summed E-state index contributed by atoms with van der Waals surface area (Å²) in [6.07, 6.45) is 19.8. The van der Waals surface area contributed by atoms with Crippen LogP contribution in [0, 0.1) is 5.41 Å². The third-order valence-electron chi connectivity index (χ3n) is 6.33. The summed E-state index contributed by atoms with van der Waals surface area (Å²) in [6.45, 7) is 4.97. The molecular weight excluding hydrogens is 394 g/mol. The van der Waals surface area contributed by atoms with E-state index in [-0.39, 0.29) is 11.4 Å². The molecular formula is C29H37NO2. The van der Waals surface area contributed by atoms with E-state index in [1.54, 1.807) is 6.20 Å². The molecule has 1 atom stereocenters. The van der Waals surface area contributed by atoms with E-state index in [9.17, 15) is 4.79 Å². The summed E-state index contributed by atoms with van der Waals surface area (Å²) in [5.74, 6) is -0.285. The molecule has 0 radical (unpaired) electrons. The van der Waals surface area contributed by atoms with Gasteiger partial charge < -0.3 is 4.74 Å². The lowest BCUT2D eigenvalue weighted by Crippen LogP contribution is -2.14. The number of nitrogens with zero attached hydrogens (tertiary/aromatic N) is 1. The van der Waals surface area contributed by atoms with Gasteiger partial charge in [-0.2, -0.15) is 0 Å². The molecule has 1 heterocycles. The fraction of sp³-hybridized carbons (Fsp3) is 0.448. The van der Waals surface area contributed by atoms with Crippen LogP contribution in [-0.4, -0.2) is 17.6 Å². The lowest BCUT2D eigenvalue weighted by molar-refractivity contribution is 0.0508. The molecule has 0 bridgehead atoms. The van der Waals surface area contributed by atoms with Crippen molar-refractivity contribution in [3.63, 3.8) is 0 Å². The van der Waals surface area contributed by atoms with E-state index in [0.29, 0.717) is 18.6 Å². The predicted molar refractivity (Wildman–Crippen MR) is 132 cm³/mol. The maximum atomic E-state index is 12.3. The van der Waals surface area contributed by atoms with E-state index in [1.165, 1.54) is 50.5 Å². The Morgan fingerprint density at radius 2 is 1.81 bits per heavy atom. The van der Waals surface area contributed by atoms with Gasteiger partial charge in [-0.25, -0.2) is 4.79 Å². The molecule has 2 aromatic rings. The summed E-state index contributed by atoms with van der Waals surface area (Å²) in [7, 11) is 0. The molecule has 3 heteroatoms. The number of hydrogen-bond acceptors (Lipinski definition) is 3. The van der Waals surface area contributed by atoms with Gasteiger partial charge in [-0.15, -0.1) is 0 Å². The van der Waals surface area contributed by atoms with Gasteiger partial charge in [-0.3, -0.25) is 4.98 Å². The largest absolute Gasteiger partial charge is 0.462 e. The van der Waals surface area contributed by atoms with E-state index in [1.807, 2.05) is 42.5 Å². The molecule has 1 aromatic heterocycles. The molecule has 1 aliphatic rings. The number of carbonyl (C=O) groups excluding carboxylic acids is 1. The Balaban J connectivity index is 1.44. The van der Waals surface area contributed by atoms with Gasteiger partial charge in [0, 0.05) is 18.3 Å². The zero-order valence-corrected chi connectivity index (χ0v) is 19.7. The number of hydrogen-bond donors (Lipinski definition) is 0. The number of ether oxygens (including phenoxy) is 1. The molecule has 0 spiro atoms. The van der Waals surface area contributed by atoms with Crippen molar-refractivity contribution in [2.24, 2.45) is 5.41 Å². The Kier molecular flexibility index (Phi) is 9.27. The average Bonchev–Trinajstić information content (AvgIpc) is 2.82. The number of pyridine rings is 1. The number of unbranched alkanes of at least 4 members (excludes halogenated alkanes) is 5. The van der Waals surface area contributed by atoms with Crippen molar-refractivity contribution in [3.8, 4) is 0 Å². The molecule has 1 aromatic carbocycles. The molecule has 0 amide bonds. The first-order valence-electron chi connectivity index (χ1n) is 12.2. The first-order chi connectivity index (χ1) is 15.6. The van der Waals surface area contributed by atoms with Crippen LogP contribution in [0.1, 0.15) is 86.8 Å². The third kappa shape index (κ3) is 7.47. The van der Waals surface area contributed by atoms with Crippen molar-refractivity contribution in [1.82, 2.24) is 4.98 Å². The second-order valence-electron chi connectivity index (χ2n) is 9.15. The molecule has 0 fully saturated rings. The molecule has 3 rings (SSSR count). The van der Waals surface area contributed by atoms with Crippen LogP contribution < -0.4 is 0 Å². The summed E-state index contributed by atoms with van der Waals surface area (Å²) in [5.41, 5.74) is 4.16. The third-order valence-corrected chi connectivity index (χ3v) is 6.33. The summed E-state index contributed by atoms with van der Waals surface area (Å²) in [6, 6.07) is 13.5. The van der Waals surface area contributed by atoms with Crippen LogP contribution in [0.2, 0.25) is 0 Å². The Labute approximate surface area is 193 Å². The monoisotopic (exact) mass is 431 g/mol. The van der Waals surface area contributed by atoms with Crippen molar-refractivity contribution >= 4 is 11.5 Å². The highest BCUT2D eigenvalue weighted by Gasteiger charge is 2.22. The highest BCUT2D eigenvalue weighted by Crippen LogP contribution is 2.37. The van der Waals surface area contributed by atoms with Gasteiger partial charge in [-0.1, -0.05) is 88.8 Å². The van der Waals surface area contributed by atoms with Crippen LogP contribution in [0.4, 0.5) is 0 Å². The number of carbonyl (C=O) groups is 1. The Bertz CT molecular complexity index is 899. The number of aromatic nitrogens is 1. The van der Waals surface area contributed by atoms with E-state index >= 15 is 0 Å². The molecule has 0 aliphatic heterocycles. The van der Waals surface area contributed by atoms with Gasteiger partial charge in [0.15, 0.2) is 0 Å². The minimum Gasteiger partial charge on any atom is -0.462 e. The van der Waals surface area contributed by atoms with Crippen LogP contribution in [0.15, 0.2) is 66.9 Å². The van der Waals surface area contributed by atoms with Crippen molar-refractivity contribution in [1.29, 1.82) is 0 Å². The second kappa shape index (κ2) is 12.4. The Morgan fingerprint density at radius 3 is 2.50 bits per heavy atom.